The zero-order chi connectivity index (χ0) is 21.4. The fraction of sp³-hybridized carbons (Fsp3) is 0.353. The van der Waals surface area contributed by atoms with Crippen LogP contribution in [0.2, 0.25) is 5.02 Å². The fourth-order valence-electron chi connectivity index (χ4n) is 3.27. The van der Waals surface area contributed by atoms with Gasteiger partial charge in [0.2, 0.25) is 0 Å². The normalized spacial score (nSPS) is 23.7. The van der Waals surface area contributed by atoms with Gasteiger partial charge in [0.15, 0.2) is 23.2 Å². The molecule has 30 heavy (non-hydrogen) atoms. The molecule has 0 unspecified atom stereocenters. The molecule has 4 atom stereocenters. The van der Waals surface area contributed by atoms with E-state index in [9.17, 15) is 25.4 Å². The Morgan fingerprint density at radius 1 is 1.27 bits per heavy atom. The maximum absolute atomic E-state index is 11.0. The van der Waals surface area contributed by atoms with Crippen LogP contribution in [0.15, 0.2) is 30.9 Å². The van der Waals surface area contributed by atoms with E-state index in [2.05, 4.69) is 20.3 Å². The predicted molar refractivity (Wildman–Crippen MR) is 104 cm³/mol. The molecule has 4 N–H and O–H groups in total. The van der Waals surface area contributed by atoms with Gasteiger partial charge in [-0.15, -0.1) is 0 Å². The van der Waals surface area contributed by atoms with Crippen LogP contribution in [-0.2, 0) is 11.3 Å². The Balaban J connectivity index is 1.59. The number of aromatic nitrogens is 4. The number of aliphatic hydroxyl groups is 3. The molecule has 2 aromatic heterocycles. The minimum Gasteiger partial charge on any atom is -0.394 e. The number of benzene rings is 1. The number of rotatable bonds is 6. The van der Waals surface area contributed by atoms with Crippen molar-refractivity contribution in [1.82, 2.24) is 19.5 Å². The lowest BCUT2D eigenvalue weighted by atomic mass is 10.1. The number of ether oxygens (including phenoxy) is 1. The molecule has 0 aliphatic carbocycles. The van der Waals surface area contributed by atoms with Gasteiger partial charge in [-0.3, -0.25) is 14.7 Å². The Morgan fingerprint density at radius 3 is 2.77 bits per heavy atom. The minimum absolute atomic E-state index is 0.0467. The Kier molecular flexibility index (Phi) is 5.49. The van der Waals surface area contributed by atoms with Crippen molar-refractivity contribution in [2.45, 2.75) is 31.1 Å². The van der Waals surface area contributed by atoms with Gasteiger partial charge in [0.25, 0.3) is 5.69 Å². The Labute approximate surface area is 173 Å². The number of halogens is 1. The monoisotopic (exact) mass is 436 g/mol. The van der Waals surface area contributed by atoms with Crippen LogP contribution in [0.5, 0.6) is 0 Å². The van der Waals surface area contributed by atoms with Crippen LogP contribution in [0.3, 0.4) is 0 Å². The number of nitrogens with one attached hydrogen (secondary N) is 1. The molecule has 1 saturated heterocycles. The van der Waals surface area contributed by atoms with Gasteiger partial charge in [0, 0.05) is 12.6 Å². The second kappa shape index (κ2) is 8.08. The van der Waals surface area contributed by atoms with Gasteiger partial charge in [0.05, 0.1) is 17.9 Å². The second-order valence-electron chi connectivity index (χ2n) is 6.67. The summed E-state index contributed by atoms with van der Waals surface area (Å²) in [5.41, 5.74) is 1.13. The lowest BCUT2D eigenvalue weighted by molar-refractivity contribution is -0.384. The summed E-state index contributed by atoms with van der Waals surface area (Å²) in [4.78, 5) is 23.1. The lowest BCUT2D eigenvalue weighted by Crippen LogP contribution is -2.33. The Hall–Kier alpha value is -2.90. The summed E-state index contributed by atoms with van der Waals surface area (Å²) in [6, 6.07) is 4.46. The van der Waals surface area contributed by atoms with Crippen molar-refractivity contribution < 1.29 is 25.0 Å². The molecule has 0 amide bonds. The molecule has 0 saturated carbocycles. The van der Waals surface area contributed by atoms with E-state index in [4.69, 9.17) is 16.3 Å². The van der Waals surface area contributed by atoms with Crippen LogP contribution in [0.25, 0.3) is 11.2 Å². The molecule has 0 bridgehead atoms. The summed E-state index contributed by atoms with van der Waals surface area (Å²) in [6.07, 6.45) is -1.77. The van der Waals surface area contributed by atoms with Crippen LogP contribution in [0, 0.1) is 10.1 Å². The topological polar surface area (TPSA) is 169 Å². The Morgan fingerprint density at radius 2 is 2.07 bits per heavy atom. The van der Waals surface area contributed by atoms with Gasteiger partial charge in [0.1, 0.15) is 29.7 Å². The van der Waals surface area contributed by atoms with Gasteiger partial charge < -0.3 is 25.4 Å². The van der Waals surface area contributed by atoms with E-state index in [0.717, 1.165) is 0 Å². The van der Waals surface area contributed by atoms with E-state index in [1.165, 1.54) is 29.4 Å². The lowest BCUT2D eigenvalue weighted by Gasteiger charge is -2.16. The molecule has 12 nitrogen and oxygen atoms in total. The molecule has 1 aliphatic rings. The van der Waals surface area contributed by atoms with E-state index in [1.807, 2.05) is 0 Å². The molecular formula is C17H17ClN6O6. The highest BCUT2D eigenvalue weighted by atomic mass is 35.5. The number of nitrogens with zero attached hydrogens (tertiary/aromatic N) is 5. The number of hydrogen-bond donors (Lipinski definition) is 4. The Bertz CT molecular complexity index is 1090. The summed E-state index contributed by atoms with van der Waals surface area (Å²) in [5.74, 6) is 0.364. The van der Waals surface area contributed by atoms with Crippen molar-refractivity contribution >= 4 is 34.3 Å². The molecule has 0 radical (unpaired) electrons. The van der Waals surface area contributed by atoms with Crippen molar-refractivity contribution in [3.05, 3.63) is 51.6 Å². The molecule has 1 aliphatic heterocycles. The molecule has 3 heterocycles. The van der Waals surface area contributed by atoms with Crippen molar-refractivity contribution in [2.75, 3.05) is 11.9 Å². The van der Waals surface area contributed by atoms with Crippen molar-refractivity contribution in [1.29, 1.82) is 0 Å². The van der Waals surface area contributed by atoms with Crippen LogP contribution in [0.4, 0.5) is 11.5 Å². The fourth-order valence-corrected chi connectivity index (χ4v) is 3.46. The van der Waals surface area contributed by atoms with Gasteiger partial charge in [-0.05, 0) is 11.6 Å². The molecule has 4 rings (SSSR count). The van der Waals surface area contributed by atoms with E-state index in [0.29, 0.717) is 22.5 Å². The number of nitro groups is 1. The molecule has 158 valence electrons. The highest BCUT2D eigenvalue weighted by molar-refractivity contribution is 6.32. The summed E-state index contributed by atoms with van der Waals surface area (Å²) < 4.78 is 6.96. The minimum atomic E-state index is -1.28. The SMILES string of the molecule is O=[N+]([O-])c1cc(CNc2ncnc3c2ncn3[C@@H]2O[C@H](CO)[C@@H](O)[C@H]2O)ccc1Cl. The molecule has 1 aromatic carbocycles. The quantitative estimate of drug-likeness (QED) is 0.317. The third-order valence-electron chi connectivity index (χ3n) is 4.82. The first-order valence-electron chi connectivity index (χ1n) is 8.87. The zero-order valence-electron chi connectivity index (χ0n) is 15.3. The predicted octanol–water partition coefficient (Wildman–Crippen LogP) is 0.611. The first-order valence-corrected chi connectivity index (χ1v) is 9.25. The first-order chi connectivity index (χ1) is 14.4. The molecule has 0 spiro atoms. The largest absolute Gasteiger partial charge is 0.394 e. The van der Waals surface area contributed by atoms with Gasteiger partial charge in [-0.25, -0.2) is 15.0 Å². The van der Waals surface area contributed by atoms with Crippen molar-refractivity contribution in [2.24, 2.45) is 0 Å². The average molecular weight is 437 g/mol. The standard InChI is InChI=1S/C17H17ClN6O6/c18-9-2-1-8(3-10(9)24(28)29)4-19-15-12-16(21-6-20-15)23(7-22-12)17-14(27)13(26)11(5-25)30-17/h1-3,6-7,11,13-14,17,25-27H,4-5H2,(H,19,20,21)/t11-,13-,14-,17-/m1/s1. The van der Waals surface area contributed by atoms with Gasteiger partial charge >= 0.3 is 0 Å². The third-order valence-corrected chi connectivity index (χ3v) is 5.14. The number of anilines is 1. The number of fused-ring (bicyclic) bond motifs is 1. The molecule has 1 fully saturated rings. The van der Waals surface area contributed by atoms with Crippen molar-refractivity contribution in [3.8, 4) is 0 Å². The summed E-state index contributed by atoms with van der Waals surface area (Å²) in [7, 11) is 0. The maximum atomic E-state index is 11.0. The van der Waals surface area contributed by atoms with Gasteiger partial charge in [-0.1, -0.05) is 17.7 Å². The summed E-state index contributed by atoms with van der Waals surface area (Å²) in [6.45, 7) is -0.235. The maximum Gasteiger partial charge on any atom is 0.288 e. The molecular weight excluding hydrogens is 420 g/mol. The molecule has 3 aromatic rings. The van der Waals surface area contributed by atoms with Crippen molar-refractivity contribution in [3.63, 3.8) is 0 Å². The number of nitro benzene ring substituents is 1. The van der Waals surface area contributed by atoms with E-state index in [1.54, 1.807) is 6.07 Å². The highest BCUT2D eigenvalue weighted by Crippen LogP contribution is 2.32. The van der Waals surface area contributed by atoms with Crippen LogP contribution < -0.4 is 5.32 Å². The van der Waals surface area contributed by atoms with Crippen LogP contribution in [0.1, 0.15) is 11.8 Å². The summed E-state index contributed by atoms with van der Waals surface area (Å²) >= 11 is 5.83. The van der Waals surface area contributed by atoms with E-state index in [-0.39, 0.29) is 17.3 Å². The van der Waals surface area contributed by atoms with E-state index < -0.39 is 36.1 Å². The molecule has 13 heteroatoms. The third kappa shape index (κ3) is 3.55. The van der Waals surface area contributed by atoms with Crippen LogP contribution in [-0.4, -0.2) is 64.7 Å². The summed E-state index contributed by atoms with van der Waals surface area (Å²) in [5, 5.41) is 43.6. The average Bonchev–Trinajstić information content (AvgIpc) is 3.28. The van der Waals surface area contributed by atoms with E-state index >= 15 is 0 Å². The highest BCUT2D eigenvalue weighted by Gasteiger charge is 2.44. The van der Waals surface area contributed by atoms with Crippen LogP contribution >= 0.6 is 11.6 Å². The smallest absolute Gasteiger partial charge is 0.288 e. The first kappa shape index (κ1) is 20.4. The second-order valence-corrected chi connectivity index (χ2v) is 7.08. The van der Waals surface area contributed by atoms with Gasteiger partial charge in [-0.2, -0.15) is 0 Å². The number of imidazole rings is 1. The number of hydrogen-bond acceptors (Lipinski definition) is 10. The number of aliphatic hydroxyl groups excluding tert-OH is 3. The zero-order valence-corrected chi connectivity index (χ0v) is 16.0.